The molecule has 0 saturated carbocycles. The van der Waals surface area contributed by atoms with Crippen molar-refractivity contribution < 1.29 is 0 Å². The van der Waals surface area contributed by atoms with Crippen LogP contribution in [0.5, 0.6) is 0 Å². The molecule has 4 aromatic heterocycles. The molecular formula is C46H28N4S. The molecule has 51 heavy (non-hydrogen) atoms. The molecule has 0 amide bonds. The summed E-state index contributed by atoms with van der Waals surface area (Å²) in [6, 6.07) is 60.4. The summed E-state index contributed by atoms with van der Waals surface area (Å²) < 4.78 is 7.17. The van der Waals surface area contributed by atoms with Crippen molar-refractivity contribution in [2.45, 2.75) is 0 Å². The van der Waals surface area contributed by atoms with Crippen molar-refractivity contribution in [3.8, 4) is 34.0 Å². The maximum Gasteiger partial charge on any atom is 0.162 e. The molecule has 0 atom stereocenters. The maximum atomic E-state index is 5.63. The van der Waals surface area contributed by atoms with E-state index in [-0.39, 0.29) is 0 Å². The lowest BCUT2D eigenvalue weighted by molar-refractivity contribution is 1.12. The number of fused-ring (bicyclic) bond motifs is 9. The molecule has 0 fully saturated rings. The van der Waals surface area contributed by atoms with Gasteiger partial charge in [0.15, 0.2) is 5.82 Å². The molecule has 0 bridgehead atoms. The molecule has 0 aliphatic heterocycles. The lowest BCUT2D eigenvalue weighted by Gasteiger charge is -2.12. The Morgan fingerprint density at radius 3 is 1.71 bits per heavy atom. The molecular weight excluding hydrogens is 641 g/mol. The standard InChI is InChI=1S/C46H28N4S/c1-3-15-29(16-4-1)49-37-25-10-7-20-33(37)41-35(23-14-27-39(41)49)45-47-43(36-24-13-22-32-31-19-9-12-28-40(31)51-44(32)36)42-34-21-8-11-26-38(34)50(46(42)48-45)30-17-5-2-6-18-30/h1-28H. The lowest BCUT2D eigenvalue weighted by Crippen LogP contribution is -2.00. The second-order valence-electron chi connectivity index (χ2n) is 13.0. The van der Waals surface area contributed by atoms with Crippen molar-refractivity contribution in [2.75, 3.05) is 0 Å². The molecule has 0 N–H and O–H groups in total. The zero-order chi connectivity index (χ0) is 33.5. The van der Waals surface area contributed by atoms with Gasteiger partial charge in [0.2, 0.25) is 0 Å². The Labute approximate surface area is 297 Å². The van der Waals surface area contributed by atoms with Crippen molar-refractivity contribution >= 4 is 75.3 Å². The summed E-state index contributed by atoms with van der Waals surface area (Å²) >= 11 is 1.84. The average molecular weight is 669 g/mol. The van der Waals surface area contributed by atoms with E-state index in [4.69, 9.17) is 9.97 Å². The Bertz CT molecular complexity index is 3130. The highest BCUT2D eigenvalue weighted by atomic mass is 32.1. The van der Waals surface area contributed by atoms with Crippen LogP contribution in [0.1, 0.15) is 0 Å². The van der Waals surface area contributed by atoms with Gasteiger partial charge in [0.25, 0.3) is 0 Å². The molecule has 7 aromatic carbocycles. The van der Waals surface area contributed by atoms with Gasteiger partial charge in [-0.1, -0.05) is 121 Å². The van der Waals surface area contributed by atoms with Gasteiger partial charge in [0.1, 0.15) is 5.65 Å². The number of rotatable bonds is 4. The van der Waals surface area contributed by atoms with Crippen molar-refractivity contribution in [3.63, 3.8) is 0 Å². The summed E-state index contributed by atoms with van der Waals surface area (Å²) in [4.78, 5) is 11.2. The number of nitrogens with zero attached hydrogens (tertiary/aromatic N) is 4. The van der Waals surface area contributed by atoms with Gasteiger partial charge in [-0.05, 0) is 48.5 Å². The summed E-state index contributed by atoms with van der Waals surface area (Å²) in [6.45, 7) is 0. The maximum absolute atomic E-state index is 5.63. The van der Waals surface area contributed by atoms with Gasteiger partial charge in [-0.15, -0.1) is 11.3 Å². The zero-order valence-electron chi connectivity index (χ0n) is 27.4. The fraction of sp³-hybridized carbons (Fsp3) is 0. The van der Waals surface area contributed by atoms with E-state index >= 15 is 0 Å². The number of thiophene rings is 1. The first kappa shape index (κ1) is 28.3. The fourth-order valence-electron chi connectivity index (χ4n) is 8.00. The summed E-state index contributed by atoms with van der Waals surface area (Å²) in [5.41, 5.74) is 9.55. The third kappa shape index (κ3) is 4.13. The number of para-hydroxylation sites is 4. The highest BCUT2D eigenvalue weighted by molar-refractivity contribution is 7.26. The molecule has 4 heterocycles. The SMILES string of the molecule is c1ccc(-n2c3ccccc3c3c(-c4nc(-c5cccc6c5sc5ccccc56)c5c6ccccc6n(-c6ccccc6)c5n4)cccc32)cc1. The fourth-order valence-corrected chi connectivity index (χ4v) is 9.22. The summed E-state index contributed by atoms with van der Waals surface area (Å²) in [5.74, 6) is 0.706. The van der Waals surface area contributed by atoms with Crippen molar-refractivity contribution in [1.29, 1.82) is 0 Å². The van der Waals surface area contributed by atoms with Crippen LogP contribution in [0.25, 0.3) is 97.9 Å². The van der Waals surface area contributed by atoms with Gasteiger partial charge in [-0.3, -0.25) is 4.57 Å². The molecule has 0 aliphatic carbocycles. The van der Waals surface area contributed by atoms with E-state index in [1.807, 2.05) is 11.3 Å². The molecule has 11 rings (SSSR count). The second-order valence-corrected chi connectivity index (χ2v) is 14.0. The molecule has 0 radical (unpaired) electrons. The van der Waals surface area contributed by atoms with Crippen LogP contribution in [0.15, 0.2) is 170 Å². The predicted octanol–water partition coefficient (Wildman–Crippen LogP) is 12.4. The molecule has 0 aliphatic rings. The monoisotopic (exact) mass is 668 g/mol. The molecule has 11 aromatic rings. The Hall–Kier alpha value is -6.56. The first-order chi connectivity index (χ1) is 25.3. The Balaban J connectivity index is 1.31. The average Bonchev–Trinajstić information content (AvgIpc) is 3.86. The van der Waals surface area contributed by atoms with E-state index in [0.29, 0.717) is 5.82 Å². The summed E-state index contributed by atoms with van der Waals surface area (Å²) in [5, 5.41) is 7.03. The van der Waals surface area contributed by atoms with Crippen LogP contribution in [0.3, 0.4) is 0 Å². The highest BCUT2D eigenvalue weighted by Gasteiger charge is 2.24. The van der Waals surface area contributed by atoms with E-state index < -0.39 is 0 Å². The van der Waals surface area contributed by atoms with Gasteiger partial charge < -0.3 is 4.57 Å². The first-order valence-corrected chi connectivity index (χ1v) is 18.0. The van der Waals surface area contributed by atoms with E-state index in [1.54, 1.807) is 0 Å². The van der Waals surface area contributed by atoms with Gasteiger partial charge in [0, 0.05) is 58.8 Å². The Kier molecular flexibility index (Phi) is 6.09. The highest BCUT2D eigenvalue weighted by Crippen LogP contribution is 2.45. The minimum absolute atomic E-state index is 0.706. The predicted molar refractivity (Wildman–Crippen MR) is 214 cm³/mol. The minimum atomic E-state index is 0.706. The topological polar surface area (TPSA) is 35.6 Å². The molecule has 5 heteroatoms. The molecule has 0 spiro atoms. The summed E-state index contributed by atoms with van der Waals surface area (Å²) in [7, 11) is 0. The number of benzene rings is 7. The van der Waals surface area contributed by atoms with E-state index in [1.165, 1.54) is 25.6 Å². The Morgan fingerprint density at radius 2 is 0.941 bits per heavy atom. The molecule has 0 unspecified atom stereocenters. The number of hydrogen-bond donors (Lipinski definition) is 0. The molecule has 4 nitrogen and oxygen atoms in total. The normalized spacial score (nSPS) is 11.9. The number of hydrogen-bond acceptors (Lipinski definition) is 3. The van der Waals surface area contributed by atoms with Gasteiger partial charge in [-0.2, -0.15) is 0 Å². The van der Waals surface area contributed by atoms with Gasteiger partial charge in [0.05, 0.1) is 27.6 Å². The Morgan fingerprint density at radius 1 is 0.392 bits per heavy atom. The van der Waals surface area contributed by atoms with Crippen LogP contribution < -0.4 is 0 Å². The smallest absolute Gasteiger partial charge is 0.162 e. The van der Waals surface area contributed by atoms with Crippen LogP contribution >= 0.6 is 11.3 Å². The van der Waals surface area contributed by atoms with Gasteiger partial charge in [-0.25, -0.2) is 9.97 Å². The lowest BCUT2D eigenvalue weighted by atomic mass is 10.0. The minimum Gasteiger partial charge on any atom is -0.309 e. The molecule has 0 saturated heterocycles. The van der Waals surface area contributed by atoms with Crippen molar-refractivity contribution in [3.05, 3.63) is 170 Å². The summed E-state index contributed by atoms with van der Waals surface area (Å²) in [6.07, 6.45) is 0. The second kappa shape index (κ2) is 11.0. The first-order valence-electron chi connectivity index (χ1n) is 17.2. The van der Waals surface area contributed by atoms with E-state index in [0.717, 1.165) is 66.6 Å². The zero-order valence-corrected chi connectivity index (χ0v) is 28.2. The quantitative estimate of drug-likeness (QED) is 0.187. The van der Waals surface area contributed by atoms with Gasteiger partial charge >= 0.3 is 0 Å². The molecule has 238 valence electrons. The van der Waals surface area contributed by atoms with E-state index in [2.05, 4.69) is 179 Å². The number of aromatic nitrogens is 4. The van der Waals surface area contributed by atoms with Crippen molar-refractivity contribution in [1.82, 2.24) is 19.1 Å². The third-order valence-corrected chi connectivity index (χ3v) is 11.4. The van der Waals surface area contributed by atoms with E-state index in [9.17, 15) is 0 Å². The van der Waals surface area contributed by atoms with Crippen molar-refractivity contribution in [2.24, 2.45) is 0 Å². The van der Waals surface area contributed by atoms with Crippen LogP contribution in [0, 0.1) is 0 Å². The van der Waals surface area contributed by atoms with Crippen LogP contribution in [0.2, 0.25) is 0 Å². The van der Waals surface area contributed by atoms with Crippen LogP contribution in [0.4, 0.5) is 0 Å². The van der Waals surface area contributed by atoms with Crippen LogP contribution in [-0.2, 0) is 0 Å². The third-order valence-electron chi connectivity index (χ3n) is 10.1. The van der Waals surface area contributed by atoms with Crippen LogP contribution in [-0.4, -0.2) is 19.1 Å². The largest absolute Gasteiger partial charge is 0.309 e.